The molecule has 1 saturated heterocycles. The van der Waals surface area contributed by atoms with Crippen LogP contribution in [-0.2, 0) is 10.0 Å². The van der Waals surface area contributed by atoms with E-state index in [1.54, 1.807) is 22.6 Å². The van der Waals surface area contributed by atoms with Gasteiger partial charge in [0.15, 0.2) is 0 Å². The van der Waals surface area contributed by atoms with Gasteiger partial charge in [-0.2, -0.15) is 4.31 Å². The van der Waals surface area contributed by atoms with Gasteiger partial charge >= 0.3 is 0 Å². The molecule has 1 fully saturated rings. The number of hydrogen-bond acceptors (Lipinski definition) is 4. The second-order valence-corrected chi connectivity index (χ2v) is 6.61. The van der Waals surface area contributed by atoms with E-state index >= 15 is 0 Å². The van der Waals surface area contributed by atoms with Crippen molar-refractivity contribution in [3.8, 4) is 0 Å². The van der Waals surface area contributed by atoms with Gasteiger partial charge in [-0.15, -0.1) is 0 Å². The van der Waals surface area contributed by atoms with E-state index in [4.69, 9.17) is 0 Å². The first-order chi connectivity index (χ1) is 9.16. The molecule has 1 aromatic heterocycles. The van der Waals surface area contributed by atoms with Crippen molar-refractivity contribution in [1.82, 2.24) is 9.29 Å². The minimum atomic E-state index is -3.43. The molecule has 1 aliphatic heterocycles. The fourth-order valence-corrected chi connectivity index (χ4v) is 3.96. The van der Waals surface area contributed by atoms with E-state index in [0.717, 1.165) is 25.7 Å². The van der Waals surface area contributed by atoms with Crippen LogP contribution < -0.4 is 5.32 Å². The lowest BCUT2D eigenvalue weighted by molar-refractivity contribution is 0.424. The van der Waals surface area contributed by atoms with Crippen molar-refractivity contribution in [3.05, 3.63) is 18.3 Å². The lowest BCUT2D eigenvalue weighted by Gasteiger charge is -2.21. The highest BCUT2D eigenvalue weighted by Crippen LogP contribution is 2.24. The fraction of sp³-hybridized carbons (Fsp3) is 0.615. The minimum Gasteiger partial charge on any atom is -0.369 e. The van der Waals surface area contributed by atoms with Crippen LogP contribution in [-0.4, -0.2) is 37.3 Å². The number of sulfonamides is 1. The second-order valence-electron chi connectivity index (χ2n) is 4.70. The maximum Gasteiger partial charge on any atom is 0.246 e. The van der Waals surface area contributed by atoms with Gasteiger partial charge in [0.25, 0.3) is 0 Å². The summed E-state index contributed by atoms with van der Waals surface area (Å²) in [6, 6.07) is 3.30. The van der Waals surface area contributed by atoms with Crippen molar-refractivity contribution in [2.75, 3.05) is 25.0 Å². The van der Waals surface area contributed by atoms with Gasteiger partial charge in [0.2, 0.25) is 10.0 Å². The molecule has 0 spiro atoms. The Morgan fingerprint density at radius 2 is 1.95 bits per heavy atom. The molecule has 106 valence electrons. The summed E-state index contributed by atoms with van der Waals surface area (Å²) in [5, 5.41) is 3.02. The fourth-order valence-electron chi connectivity index (χ4n) is 2.32. The van der Waals surface area contributed by atoms with Crippen LogP contribution in [0.15, 0.2) is 23.2 Å². The molecule has 0 unspecified atom stereocenters. The number of hydrogen-bond donors (Lipinski definition) is 1. The van der Waals surface area contributed by atoms with Crippen molar-refractivity contribution < 1.29 is 8.42 Å². The van der Waals surface area contributed by atoms with Gasteiger partial charge in [0.1, 0.15) is 10.7 Å². The normalized spacial score (nSPS) is 17.9. The van der Waals surface area contributed by atoms with Crippen molar-refractivity contribution in [2.24, 2.45) is 0 Å². The SMILES string of the molecule is CCNc1ncccc1S(=O)(=O)N1CCCCCC1. The number of rotatable bonds is 4. The van der Waals surface area contributed by atoms with Gasteiger partial charge < -0.3 is 5.32 Å². The summed E-state index contributed by atoms with van der Waals surface area (Å²) >= 11 is 0. The largest absolute Gasteiger partial charge is 0.369 e. The first-order valence-electron chi connectivity index (χ1n) is 6.85. The third kappa shape index (κ3) is 3.25. The lowest BCUT2D eigenvalue weighted by Crippen LogP contribution is -2.32. The van der Waals surface area contributed by atoms with Crippen molar-refractivity contribution in [2.45, 2.75) is 37.5 Å². The molecule has 1 N–H and O–H groups in total. The van der Waals surface area contributed by atoms with E-state index in [-0.39, 0.29) is 0 Å². The summed E-state index contributed by atoms with van der Waals surface area (Å²) in [6.07, 6.45) is 5.71. The molecular formula is C13H21N3O2S. The topological polar surface area (TPSA) is 62.3 Å². The minimum absolute atomic E-state index is 0.291. The molecule has 0 aromatic carbocycles. The summed E-state index contributed by atoms with van der Waals surface area (Å²) in [4.78, 5) is 4.43. The van der Waals surface area contributed by atoms with E-state index in [1.807, 2.05) is 6.92 Å². The molecule has 0 atom stereocenters. The number of nitrogens with zero attached hydrogens (tertiary/aromatic N) is 2. The molecular weight excluding hydrogens is 262 g/mol. The van der Waals surface area contributed by atoms with Crippen molar-refractivity contribution in [3.63, 3.8) is 0 Å². The molecule has 0 amide bonds. The van der Waals surface area contributed by atoms with Crippen molar-refractivity contribution >= 4 is 15.8 Å². The first-order valence-corrected chi connectivity index (χ1v) is 8.29. The quantitative estimate of drug-likeness (QED) is 0.919. The Bertz CT molecular complexity index is 508. The predicted octanol–water partition coefficient (Wildman–Crippen LogP) is 2.08. The van der Waals surface area contributed by atoms with Crippen LogP contribution in [0.25, 0.3) is 0 Å². The van der Waals surface area contributed by atoms with E-state index < -0.39 is 10.0 Å². The molecule has 19 heavy (non-hydrogen) atoms. The maximum atomic E-state index is 12.7. The van der Waals surface area contributed by atoms with Gasteiger partial charge in [-0.25, -0.2) is 13.4 Å². The molecule has 5 nitrogen and oxygen atoms in total. The summed E-state index contributed by atoms with van der Waals surface area (Å²) in [7, 11) is -3.43. The molecule has 0 aliphatic carbocycles. The van der Waals surface area contributed by atoms with E-state index in [0.29, 0.717) is 30.3 Å². The number of anilines is 1. The van der Waals surface area contributed by atoms with Gasteiger partial charge in [-0.1, -0.05) is 12.8 Å². The van der Waals surface area contributed by atoms with Crippen LogP contribution in [0.2, 0.25) is 0 Å². The Balaban J connectivity index is 2.32. The van der Waals surface area contributed by atoms with Crippen LogP contribution in [0.4, 0.5) is 5.82 Å². The highest BCUT2D eigenvalue weighted by atomic mass is 32.2. The highest BCUT2D eigenvalue weighted by Gasteiger charge is 2.27. The van der Waals surface area contributed by atoms with E-state index in [9.17, 15) is 8.42 Å². The van der Waals surface area contributed by atoms with Crippen LogP contribution in [0.1, 0.15) is 32.6 Å². The van der Waals surface area contributed by atoms with Gasteiger partial charge in [-0.05, 0) is 31.9 Å². The number of nitrogens with one attached hydrogen (secondary N) is 1. The summed E-state index contributed by atoms with van der Waals surface area (Å²) in [5.41, 5.74) is 0. The Morgan fingerprint density at radius 1 is 1.26 bits per heavy atom. The Morgan fingerprint density at radius 3 is 2.58 bits per heavy atom. The maximum absolute atomic E-state index is 12.7. The van der Waals surface area contributed by atoms with Gasteiger partial charge in [0, 0.05) is 25.8 Å². The Labute approximate surface area is 115 Å². The van der Waals surface area contributed by atoms with Gasteiger partial charge in [0.05, 0.1) is 0 Å². The van der Waals surface area contributed by atoms with Crippen LogP contribution in [0, 0.1) is 0 Å². The van der Waals surface area contributed by atoms with Crippen LogP contribution >= 0.6 is 0 Å². The zero-order chi connectivity index (χ0) is 13.7. The van der Waals surface area contributed by atoms with Crippen molar-refractivity contribution in [1.29, 1.82) is 0 Å². The molecule has 2 heterocycles. The monoisotopic (exact) mass is 283 g/mol. The zero-order valence-electron chi connectivity index (χ0n) is 11.3. The standard InChI is InChI=1S/C13H21N3O2S/c1-2-14-13-12(8-7-9-15-13)19(17,18)16-10-5-3-4-6-11-16/h7-9H,2-6,10-11H2,1H3,(H,14,15). The zero-order valence-corrected chi connectivity index (χ0v) is 12.1. The summed E-state index contributed by atoms with van der Waals surface area (Å²) in [6.45, 7) is 3.81. The molecule has 6 heteroatoms. The Kier molecular flexibility index (Phi) is 4.76. The lowest BCUT2D eigenvalue weighted by atomic mass is 10.2. The summed E-state index contributed by atoms with van der Waals surface area (Å²) < 4.78 is 27.0. The Hall–Kier alpha value is -1.14. The highest BCUT2D eigenvalue weighted by molar-refractivity contribution is 7.89. The number of pyridine rings is 1. The average molecular weight is 283 g/mol. The van der Waals surface area contributed by atoms with E-state index in [2.05, 4.69) is 10.3 Å². The molecule has 1 aliphatic rings. The van der Waals surface area contributed by atoms with Gasteiger partial charge in [-0.3, -0.25) is 0 Å². The molecule has 0 bridgehead atoms. The molecule has 1 aromatic rings. The average Bonchev–Trinajstić information content (AvgIpc) is 2.69. The summed E-state index contributed by atoms with van der Waals surface area (Å²) in [5.74, 6) is 0.453. The first kappa shape index (κ1) is 14.3. The molecule has 0 radical (unpaired) electrons. The second kappa shape index (κ2) is 6.34. The van der Waals surface area contributed by atoms with Crippen LogP contribution in [0.5, 0.6) is 0 Å². The third-order valence-electron chi connectivity index (χ3n) is 3.30. The number of aromatic nitrogens is 1. The smallest absolute Gasteiger partial charge is 0.246 e. The molecule has 0 saturated carbocycles. The van der Waals surface area contributed by atoms with Crippen LogP contribution in [0.3, 0.4) is 0 Å². The third-order valence-corrected chi connectivity index (χ3v) is 5.23. The van der Waals surface area contributed by atoms with E-state index in [1.165, 1.54) is 0 Å². The predicted molar refractivity (Wildman–Crippen MR) is 75.6 cm³/mol. The molecule has 2 rings (SSSR count).